The van der Waals surface area contributed by atoms with E-state index in [1.54, 1.807) is 6.07 Å². The summed E-state index contributed by atoms with van der Waals surface area (Å²) in [5.74, 6) is 0.125. The summed E-state index contributed by atoms with van der Waals surface area (Å²) in [6, 6.07) is 5.80. The fraction of sp³-hybridized carbons (Fsp3) is 0. The number of carbonyl (C=O) groups excluding carboxylic acids is 1. The van der Waals surface area contributed by atoms with Crippen molar-refractivity contribution >= 4 is 29.8 Å². The molecule has 20 heavy (non-hydrogen) atoms. The van der Waals surface area contributed by atoms with Gasteiger partial charge < -0.3 is 17.2 Å². The standard InChI is InChI=1S/C7H5NO3.C3H6N6/c9-5-6-3-1-2-4-7(6)8(10)11;4-1-7-2(5)9-3(6)8-1/h1-5H;(H6,4,5,6,7,8,9). The third-order valence-electron chi connectivity index (χ3n) is 1.95. The average Bonchev–Trinajstić information content (AvgIpc) is 2.37. The quantitative estimate of drug-likeness (QED) is 0.387. The summed E-state index contributed by atoms with van der Waals surface area (Å²) in [5, 5.41) is 10.2. The largest absolute Gasteiger partial charge is 0.368 e. The molecular formula is C10H11N7O3. The van der Waals surface area contributed by atoms with Crippen molar-refractivity contribution in [3.05, 3.63) is 39.9 Å². The van der Waals surface area contributed by atoms with Gasteiger partial charge in [-0.05, 0) is 6.07 Å². The van der Waals surface area contributed by atoms with Crippen LogP contribution in [0.4, 0.5) is 23.5 Å². The summed E-state index contributed by atoms with van der Waals surface area (Å²) >= 11 is 0. The number of nitrogen functional groups attached to an aromatic ring is 3. The number of carbonyl (C=O) groups is 1. The molecule has 1 aromatic carbocycles. The lowest BCUT2D eigenvalue weighted by Crippen LogP contribution is -2.05. The zero-order chi connectivity index (χ0) is 15.1. The highest BCUT2D eigenvalue weighted by Gasteiger charge is 2.09. The van der Waals surface area contributed by atoms with E-state index in [0.717, 1.165) is 0 Å². The molecule has 0 bridgehead atoms. The number of anilines is 3. The first-order valence-electron chi connectivity index (χ1n) is 5.15. The number of benzene rings is 1. The second-order valence-electron chi connectivity index (χ2n) is 3.34. The van der Waals surface area contributed by atoms with Crippen molar-refractivity contribution < 1.29 is 9.72 Å². The number of aldehydes is 1. The number of nitro benzene ring substituents is 1. The Morgan fingerprint density at radius 2 is 1.45 bits per heavy atom. The molecular weight excluding hydrogens is 266 g/mol. The molecule has 1 heterocycles. The summed E-state index contributed by atoms with van der Waals surface area (Å²) in [7, 11) is 0. The zero-order valence-electron chi connectivity index (χ0n) is 10.1. The number of hydrogen-bond acceptors (Lipinski definition) is 9. The van der Waals surface area contributed by atoms with Gasteiger partial charge in [0, 0.05) is 6.07 Å². The van der Waals surface area contributed by atoms with Gasteiger partial charge in [0.25, 0.3) is 5.69 Å². The molecule has 2 aromatic rings. The molecule has 0 aliphatic rings. The maximum atomic E-state index is 10.2. The van der Waals surface area contributed by atoms with E-state index in [2.05, 4.69) is 15.0 Å². The topological polar surface area (TPSA) is 177 Å². The molecule has 0 saturated heterocycles. The van der Waals surface area contributed by atoms with Crippen molar-refractivity contribution in [2.75, 3.05) is 17.2 Å². The molecule has 0 radical (unpaired) electrons. The van der Waals surface area contributed by atoms with Crippen LogP contribution in [0.15, 0.2) is 24.3 Å². The van der Waals surface area contributed by atoms with Gasteiger partial charge in [0.15, 0.2) is 6.29 Å². The Labute approximate surface area is 112 Å². The van der Waals surface area contributed by atoms with Crippen LogP contribution in [0.25, 0.3) is 0 Å². The van der Waals surface area contributed by atoms with E-state index in [4.69, 9.17) is 17.2 Å². The molecule has 104 valence electrons. The number of para-hydroxylation sites is 1. The van der Waals surface area contributed by atoms with Gasteiger partial charge >= 0.3 is 0 Å². The zero-order valence-corrected chi connectivity index (χ0v) is 10.1. The number of rotatable bonds is 2. The van der Waals surface area contributed by atoms with E-state index in [1.165, 1.54) is 18.2 Å². The van der Waals surface area contributed by atoms with Crippen LogP contribution in [0.2, 0.25) is 0 Å². The lowest BCUT2D eigenvalue weighted by atomic mass is 10.2. The summed E-state index contributed by atoms with van der Waals surface area (Å²) < 4.78 is 0. The summed E-state index contributed by atoms with van der Waals surface area (Å²) in [4.78, 5) is 30.3. The molecule has 1 aromatic heterocycles. The molecule has 10 nitrogen and oxygen atoms in total. The van der Waals surface area contributed by atoms with E-state index in [0.29, 0.717) is 6.29 Å². The normalized spacial score (nSPS) is 9.20. The maximum absolute atomic E-state index is 10.2. The van der Waals surface area contributed by atoms with Crippen LogP contribution in [0, 0.1) is 10.1 Å². The fourth-order valence-corrected chi connectivity index (χ4v) is 1.18. The van der Waals surface area contributed by atoms with E-state index in [9.17, 15) is 14.9 Å². The molecule has 0 atom stereocenters. The van der Waals surface area contributed by atoms with Crippen LogP contribution < -0.4 is 17.2 Å². The lowest BCUT2D eigenvalue weighted by molar-refractivity contribution is -0.385. The van der Waals surface area contributed by atoms with Gasteiger partial charge in [0.2, 0.25) is 17.8 Å². The molecule has 0 saturated carbocycles. The first-order valence-corrected chi connectivity index (χ1v) is 5.15. The Kier molecular flexibility index (Phi) is 4.86. The van der Waals surface area contributed by atoms with Crippen molar-refractivity contribution in [3.63, 3.8) is 0 Å². The number of nitro groups is 1. The molecule has 0 amide bonds. The second-order valence-corrected chi connectivity index (χ2v) is 3.34. The number of nitrogens with two attached hydrogens (primary N) is 3. The number of aromatic nitrogens is 3. The minimum absolute atomic E-state index is 0.0417. The van der Waals surface area contributed by atoms with Crippen LogP contribution in [-0.2, 0) is 0 Å². The third-order valence-corrected chi connectivity index (χ3v) is 1.95. The van der Waals surface area contributed by atoms with Crippen LogP contribution in [0.1, 0.15) is 10.4 Å². The highest BCUT2D eigenvalue weighted by Crippen LogP contribution is 2.14. The molecule has 0 spiro atoms. The Hall–Kier alpha value is -3.30. The van der Waals surface area contributed by atoms with Crippen molar-refractivity contribution in [2.24, 2.45) is 0 Å². The van der Waals surface area contributed by atoms with Crippen LogP contribution in [-0.4, -0.2) is 26.2 Å². The van der Waals surface area contributed by atoms with Gasteiger partial charge in [-0.25, -0.2) is 0 Å². The lowest BCUT2D eigenvalue weighted by Gasteiger charge is -1.93. The second kappa shape index (κ2) is 6.58. The van der Waals surface area contributed by atoms with Gasteiger partial charge in [-0.2, -0.15) is 15.0 Å². The van der Waals surface area contributed by atoms with E-state index in [1.807, 2.05) is 0 Å². The van der Waals surface area contributed by atoms with E-state index >= 15 is 0 Å². The van der Waals surface area contributed by atoms with Crippen molar-refractivity contribution in [2.45, 2.75) is 0 Å². The average molecular weight is 277 g/mol. The van der Waals surface area contributed by atoms with Crippen LogP contribution >= 0.6 is 0 Å². The molecule has 2 rings (SSSR count). The highest BCUT2D eigenvalue weighted by atomic mass is 16.6. The molecule has 0 aliphatic carbocycles. The molecule has 0 aliphatic heterocycles. The molecule has 0 unspecified atom stereocenters. The Morgan fingerprint density at radius 3 is 1.80 bits per heavy atom. The van der Waals surface area contributed by atoms with E-state index < -0.39 is 4.92 Å². The highest BCUT2D eigenvalue weighted by molar-refractivity contribution is 5.81. The SMILES string of the molecule is Nc1nc(N)nc(N)n1.O=Cc1ccccc1[N+](=O)[O-]. The summed E-state index contributed by atoms with van der Waals surface area (Å²) in [6.07, 6.45) is 0.470. The fourth-order valence-electron chi connectivity index (χ4n) is 1.18. The predicted molar refractivity (Wildman–Crippen MR) is 71.5 cm³/mol. The molecule has 0 fully saturated rings. The van der Waals surface area contributed by atoms with E-state index in [-0.39, 0.29) is 29.1 Å². The Bertz CT molecular complexity index is 582. The smallest absolute Gasteiger partial charge is 0.279 e. The van der Waals surface area contributed by atoms with Crippen LogP contribution in [0.3, 0.4) is 0 Å². The minimum Gasteiger partial charge on any atom is -0.368 e. The first kappa shape index (κ1) is 14.8. The van der Waals surface area contributed by atoms with Crippen molar-refractivity contribution in [1.29, 1.82) is 0 Å². The third kappa shape index (κ3) is 4.18. The Morgan fingerprint density at radius 1 is 1.00 bits per heavy atom. The maximum Gasteiger partial charge on any atom is 0.279 e. The number of hydrogen-bond donors (Lipinski definition) is 3. The minimum atomic E-state index is -0.580. The number of nitrogens with zero attached hydrogens (tertiary/aromatic N) is 4. The van der Waals surface area contributed by atoms with Gasteiger partial charge in [0.1, 0.15) is 0 Å². The van der Waals surface area contributed by atoms with Crippen molar-refractivity contribution in [1.82, 2.24) is 15.0 Å². The summed E-state index contributed by atoms with van der Waals surface area (Å²) in [6.45, 7) is 0. The molecule has 6 N–H and O–H groups in total. The van der Waals surface area contributed by atoms with Gasteiger partial charge in [-0.1, -0.05) is 12.1 Å². The first-order chi connectivity index (χ1) is 9.43. The predicted octanol–water partition coefficient (Wildman–Crippen LogP) is 0.0255. The van der Waals surface area contributed by atoms with Gasteiger partial charge in [-0.15, -0.1) is 0 Å². The summed E-state index contributed by atoms with van der Waals surface area (Å²) in [5.41, 5.74) is 15.4. The Balaban J connectivity index is 0.000000204. The van der Waals surface area contributed by atoms with Crippen molar-refractivity contribution in [3.8, 4) is 0 Å². The monoisotopic (exact) mass is 277 g/mol. The van der Waals surface area contributed by atoms with Crippen LogP contribution in [0.5, 0.6) is 0 Å². The van der Waals surface area contributed by atoms with Gasteiger partial charge in [0.05, 0.1) is 10.5 Å². The van der Waals surface area contributed by atoms with Gasteiger partial charge in [-0.3, -0.25) is 14.9 Å². The molecule has 10 heteroatoms.